The molecule has 1 aromatic heterocycles. The van der Waals surface area contributed by atoms with E-state index in [9.17, 15) is 4.79 Å². The summed E-state index contributed by atoms with van der Waals surface area (Å²) in [5.41, 5.74) is 5.46. The fourth-order valence-corrected chi connectivity index (χ4v) is 3.79. The zero-order valence-electron chi connectivity index (χ0n) is 18.0. The summed E-state index contributed by atoms with van der Waals surface area (Å²) < 4.78 is 13.4. The van der Waals surface area contributed by atoms with Gasteiger partial charge in [0, 0.05) is 22.0 Å². The highest BCUT2D eigenvalue weighted by Gasteiger charge is 2.16. The number of hydrogen-bond acceptors (Lipinski definition) is 3. The number of aromatic nitrogens is 1. The van der Waals surface area contributed by atoms with Gasteiger partial charge in [-0.2, -0.15) is 0 Å². The maximum absolute atomic E-state index is 12.0. The summed E-state index contributed by atoms with van der Waals surface area (Å²) in [5, 5.41) is 0.634. The van der Waals surface area contributed by atoms with Gasteiger partial charge in [0.25, 0.3) is 0 Å². The molecule has 5 heteroatoms. The Kier molecular flexibility index (Phi) is 6.62. The summed E-state index contributed by atoms with van der Waals surface area (Å²) in [6, 6.07) is 27.2. The van der Waals surface area contributed by atoms with Crippen molar-refractivity contribution in [3.63, 3.8) is 0 Å². The van der Waals surface area contributed by atoms with Crippen LogP contribution in [0, 0.1) is 6.92 Å². The van der Waals surface area contributed by atoms with Crippen molar-refractivity contribution in [1.82, 2.24) is 4.57 Å². The van der Waals surface area contributed by atoms with Crippen molar-refractivity contribution in [2.24, 2.45) is 0 Å². The zero-order valence-corrected chi connectivity index (χ0v) is 18.8. The molecule has 4 nitrogen and oxygen atoms in total. The fraction of sp³-hybridized carbons (Fsp3) is 0.148. The van der Waals surface area contributed by atoms with E-state index >= 15 is 0 Å². The highest BCUT2D eigenvalue weighted by molar-refractivity contribution is 6.31. The Morgan fingerprint density at radius 1 is 0.938 bits per heavy atom. The molecule has 0 fully saturated rings. The molecule has 32 heavy (non-hydrogen) atoms. The fourth-order valence-electron chi connectivity index (χ4n) is 3.62. The Labute approximate surface area is 193 Å². The molecule has 0 aliphatic heterocycles. The highest BCUT2D eigenvalue weighted by atomic mass is 35.5. The number of ether oxygens (including phenoxy) is 2. The van der Waals surface area contributed by atoms with Crippen LogP contribution in [-0.4, -0.2) is 17.1 Å². The number of aryl methyl sites for hydroxylation is 1. The molecule has 1 heterocycles. The quantitative estimate of drug-likeness (QED) is 0.292. The second kappa shape index (κ2) is 9.75. The summed E-state index contributed by atoms with van der Waals surface area (Å²) in [5.74, 6) is 0.427. The van der Waals surface area contributed by atoms with E-state index < -0.39 is 0 Å². The topological polar surface area (TPSA) is 40.5 Å². The first-order valence-corrected chi connectivity index (χ1v) is 10.9. The largest absolute Gasteiger partial charge is 0.488 e. The number of benzene rings is 3. The SMILES string of the molecule is CCOC(=O)c1ccc(-n2c(C)ccc2-c2cc(Cl)ccc2OCc2ccccc2)cc1. The van der Waals surface area contributed by atoms with Crippen molar-refractivity contribution >= 4 is 17.6 Å². The second-order valence-corrected chi connectivity index (χ2v) is 7.81. The van der Waals surface area contributed by atoms with Crippen LogP contribution >= 0.6 is 11.6 Å². The van der Waals surface area contributed by atoms with Gasteiger partial charge >= 0.3 is 5.97 Å². The smallest absolute Gasteiger partial charge is 0.338 e. The maximum atomic E-state index is 12.0. The molecule has 4 rings (SSSR count). The third-order valence-electron chi connectivity index (χ3n) is 5.17. The number of esters is 1. The third-order valence-corrected chi connectivity index (χ3v) is 5.40. The van der Waals surface area contributed by atoms with Gasteiger partial charge in [-0.05, 0) is 74.0 Å². The van der Waals surface area contributed by atoms with Crippen molar-refractivity contribution < 1.29 is 14.3 Å². The van der Waals surface area contributed by atoms with E-state index in [0.717, 1.165) is 34.0 Å². The average molecular weight is 446 g/mol. The zero-order chi connectivity index (χ0) is 22.5. The van der Waals surface area contributed by atoms with E-state index in [4.69, 9.17) is 21.1 Å². The molecule has 0 unspecified atom stereocenters. The molecule has 0 atom stereocenters. The Morgan fingerprint density at radius 3 is 2.41 bits per heavy atom. The summed E-state index contributed by atoms with van der Waals surface area (Å²) in [6.45, 7) is 4.65. The molecule has 0 aliphatic rings. The van der Waals surface area contributed by atoms with Crippen LogP contribution in [0.2, 0.25) is 5.02 Å². The van der Waals surface area contributed by atoms with Gasteiger partial charge in [0.2, 0.25) is 0 Å². The lowest BCUT2D eigenvalue weighted by Gasteiger charge is -2.16. The van der Waals surface area contributed by atoms with Gasteiger partial charge in [-0.3, -0.25) is 0 Å². The molecule has 0 N–H and O–H groups in total. The average Bonchev–Trinajstić information content (AvgIpc) is 3.20. The van der Waals surface area contributed by atoms with Crippen molar-refractivity contribution in [2.75, 3.05) is 6.61 Å². The normalized spacial score (nSPS) is 10.7. The number of rotatable bonds is 7. The van der Waals surface area contributed by atoms with Gasteiger partial charge in [0.05, 0.1) is 17.9 Å². The molecule has 0 aliphatic carbocycles. The van der Waals surface area contributed by atoms with Gasteiger partial charge in [0.1, 0.15) is 12.4 Å². The van der Waals surface area contributed by atoms with E-state index in [2.05, 4.69) is 16.7 Å². The molecule has 3 aromatic carbocycles. The second-order valence-electron chi connectivity index (χ2n) is 7.38. The molecule has 0 saturated carbocycles. The van der Waals surface area contributed by atoms with Crippen LogP contribution in [-0.2, 0) is 11.3 Å². The van der Waals surface area contributed by atoms with Gasteiger partial charge < -0.3 is 14.0 Å². The lowest BCUT2D eigenvalue weighted by atomic mass is 10.1. The third kappa shape index (κ3) is 4.71. The van der Waals surface area contributed by atoms with E-state index in [0.29, 0.717) is 23.8 Å². The molecule has 0 amide bonds. The minimum absolute atomic E-state index is 0.324. The van der Waals surface area contributed by atoms with Crippen LogP contribution in [0.5, 0.6) is 5.75 Å². The Hall–Kier alpha value is -3.50. The van der Waals surface area contributed by atoms with Crippen LogP contribution < -0.4 is 4.74 Å². The lowest BCUT2D eigenvalue weighted by Crippen LogP contribution is -2.05. The number of carbonyl (C=O) groups is 1. The molecule has 0 spiro atoms. The number of hydrogen-bond donors (Lipinski definition) is 0. The summed E-state index contributed by atoms with van der Waals surface area (Å²) in [4.78, 5) is 12.0. The van der Waals surface area contributed by atoms with Crippen LogP contribution in [0.25, 0.3) is 16.9 Å². The Morgan fingerprint density at radius 2 is 1.69 bits per heavy atom. The van der Waals surface area contributed by atoms with Crippen LogP contribution in [0.3, 0.4) is 0 Å². The van der Waals surface area contributed by atoms with E-state index in [-0.39, 0.29) is 5.97 Å². The van der Waals surface area contributed by atoms with Gasteiger partial charge in [-0.15, -0.1) is 0 Å². The lowest BCUT2D eigenvalue weighted by molar-refractivity contribution is 0.0526. The number of halogens is 1. The molecule has 0 saturated heterocycles. The Bertz CT molecular complexity index is 1210. The summed E-state index contributed by atoms with van der Waals surface area (Å²) >= 11 is 6.36. The first-order chi connectivity index (χ1) is 15.6. The summed E-state index contributed by atoms with van der Waals surface area (Å²) in [6.07, 6.45) is 0. The van der Waals surface area contributed by atoms with Gasteiger partial charge in [0.15, 0.2) is 0 Å². The summed E-state index contributed by atoms with van der Waals surface area (Å²) in [7, 11) is 0. The van der Waals surface area contributed by atoms with E-state index in [1.807, 2.05) is 67.6 Å². The van der Waals surface area contributed by atoms with Crippen LogP contribution in [0.4, 0.5) is 0 Å². The Balaban J connectivity index is 1.70. The highest BCUT2D eigenvalue weighted by Crippen LogP contribution is 2.36. The molecular formula is C27H24ClNO3. The van der Waals surface area contributed by atoms with Gasteiger partial charge in [-0.25, -0.2) is 4.79 Å². The predicted octanol–water partition coefficient (Wildman–Crippen LogP) is 6.86. The molecule has 0 radical (unpaired) electrons. The van der Waals surface area contributed by atoms with Crippen molar-refractivity contribution in [3.8, 4) is 22.7 Å². The van der Waals surface area contributed by atoms with Gasteiger partial charge in [-0.1, -0.05) is 41.9 Å². The molecule has 0 bridgehead atoms. The maximum Gasteiger partial charge on any atom is 0.338 e. The minimum atomic E-state index is -0.324. The minimum Gasteiger partial charge on any atom is -0.488 e. The first-order valence-electron chi connectivity index (χ1n) is 10.5. The van der Waals surface area contributed by atoms with Crippen LogP contribution in [0.1, 0.15) is 28.5 Å². The van der Waals surface area contributed by atoms with Crippen molar-refractivity contribution in [3.05, 3.63) is 107 Å². The first kappa shape index (κ1) is 21.7. The van der Waals surface area contributed by atoms with E-state index in [1.54, 1.807) is 19.1 Å². The monoisotopic (exact) mass is 445 g/mol. The van der Waals surface area contributed by atoms with Crippen LogP contribution in [0.15, 0.2) is 84.9 Å². The molecule has 4 aromatic rings. The molecule has 162 valence electrons. The van der Waals surface area contributed by atoms with Crippen molar-refractivity contribution in [2.45, 2.75) is 20.5 Å². The standard InChI is InChI=1S/C27H24ClNO3/c1-3-31-27(30)21-10-13-23(14-11-21)29-19(2)9-15-25(29)24-17-22(28)12-16-26(24)32-18-20-7-5-4-6-8-20/h4-17H,3,18H2,1-2H3. The predicted molar refractivity (Wildman–Crippen MR) is 128 cm³/mol. The van der Waals surface area contributed by atoms with E-state index in [1.165, 1.54) is 0 Å². The van der Waals surface area contributed by atoms with Crippen molar-refractivity contribution in [1.29, 1.82) is 0 Å². The number of carbonyl (C=O) groups excluding carboxylic acids is 1. The molecular weight excluding hydrogens is 422 g/mol. The number of nitrogens with zero attached hydrogens (tertiary/aromatic N) is 1.